The van der Waals surface area contributed by atoms with Gasteiger partial charge in [-0.2, -0.15) is 5.10 Å². The number of rotatable bonds is 6. The molecular weight excluding hydrogens is 376 g/mol. The second kappa shape index (κ2) is 9.27. The Morgan fingerprint density at radius 1 is 1.30 bits per heavy atom. The lowest BCUT2D eigenvalue weighted by atomic mass is 10.00. The van der Waals surface area contributed by atoms with E-state index in [1.165, 1.54) is 31.4 Å². The van der Waals surface area contributed by atoms with Gasteiger partial charge in [0.1, 0.15) is 0 Å². The number of likely N-dealkylation sites (tertiary alicyclic amines) is 1. The summed E-state index contributed by atoms with van der Waals surface area (Å²) < 4.78 is 1.94. The number of nitrogens with zero attached hydrogens (tertiary/aromatic N) is 6. The van der Waals surface area contributed by atoms with Crippen LogP contribution in [0.3, 0.4) is 0 Å². The minimum absolute atomic E-state index is 0.217. The number of hydrogen-bond acceptors (Lipinski definition) is 5. The van der Waals surface area contributed by atoms with Crippen molar-refractivity contribution < 1.29 is 4.79 Å². The van der Waals surface area contributed by atoms with Crippen LogP contribution in [0, 0.1) is 6.92 Å². The van der Waals surface area contributed by atoms with Crippen LogP contribution < -0.4 is 0 Å². The monoisotopic (exact) mass is 410 g/mol. The molecule has 0 bridgehead atoms. The van der Waals surface area contributed by atoms with E-state index in [2.05, 4.69) is 28.0 Å². The molecule has 30 heavy (non-hydrogen) atoms. The Morgan fingerprint density at radius 2 is 2.17 bits per heavy atom. The molecule has 1 unspecified atom stereocenters. The zero-order chi connectivity index (χ0) is 21.1. The van der Waals surface area contributed by atoms with Gasteiger partial charge >= 0.3 is 0 Å². The summed E-state index contributed by atoms with van der Waals surface area (Å²) >= 11 is 0. The molecule has 4 rings (SSSR count). The minimum atomic E-state index is 0.217. The highest BCUT2D eigenvalue weighted by Crippen LogP contribution is 2.21. The zero-order valence-corrected chi connectivity index (χ0v) is 18.5. The van der Waals surface area contributed by atoms with E-state index in [1.807, 2.05) is 41.9 Å². The van der Waals surface area contributed by atoms with Crippen molar-refractivity contribution in [1.82, 2.24) is 29.5 Å². The van der Waals surface area contributed by atoms with Crippen LogP contribution >= 0.6 is 0 Å². The van der Waals surface area contributed by atoms with Crippen molar-refractivity contribution in [2.75, 3.05) is 40.3 Å². The van der Waals surface area contributed by atoms with Gasteiger partial charge in [-0.15, -0.1) is 0 Å². The van der Waals surface area contributed by atoms with Gasteiger partial charge in [0.25, 0.3) is 0 Å². The van der Waals surface area contributed by atoms with Crippen LogP contribution in [0.4, 0.5) is 0 Å². The number of hydrogen-bond donors (Lipinski definition) is 0. The molecule has 0 N–H and O–H groups in total. The van der Waals surface area contributed by atoms with E-state index >= 15 is 0 Å². The van der Waals surface area contributed by atoms with Crippen LogP contribution in [-0.2, 0) is 17.8 Å². The number of piperidine rings is 1. The molecule has 0 aliphatic carbocycles. The SMILES string of the molecule is Cc1cc(-n2cc3c(n2)CCN(CC(=O)N(C)CCC2CCCCN2C)C3)ccn1. The van der Waals surface area contributed by atoms with Crippen molar-refractivity contribution in [3.05, 3.63) is 41.5 Å². The maximum absolute atomic E-state index is 12.8. The fraction of sp³-hybridized carbons (Fsp3) is 0.609. The smallest absolute Gasteiger partial charge is 0.236 e. The summed E-state index contributed by atoms with van der Waals surface area (Å²) in [5.41, 5.74) is 4.37. The lowest BCUT2D eigenvalue weighted by Crippen LogP contribution is -2.43. The Hall–Kier alpha value is -2.25. The molecule has 0 spiro atoms. The minimum Gasteiger partial charge on any atom is -0.345 e. The highest BCUT2D eigenvalue weighted by molar-refractivity contribution is 5.78. The number of pyridine rings is 1. The number of aryl methyl sites for hydroxylation is 1. The Bertz CT molecular complexity index is 878. The normalized spacial score (nSPS) is 20.2. The predicted molar refractivity (Wildman–Crippen MR) is 118 cm³/mol. The van der Waals surface area contributed by atoms with Crippen LogP contribution in [-0.4, -0.2) is 81.7 Å². The van der Waals surface area contributed by atoms with E-state index in [9.17, 15) is 4.79 Å². The first-order chi connectivity index (χ1) is 14.5. The van der Waals surface area contributed by atoms with E-state index < -0.39 is 0 Å². The maximum atomic E-state index is 12.8. The van der Waals surface area contributed by atoms with Crippen molar-refractivity contribution >= 4 is 5.91 Å². The van der Waals surface area contributed by atoms with Crippen molar-refractivity contribution in [3.63, 3.8) is 0 Å². The molecule has 7 nitrogen and oxygen atoms in total. The van der Waals surface area contributed by atoms with Crippen LogP contribution in [0.2, 0.25) is 0 Å². The Labute approximate surface area is 179 Å². The van der Waals surface area contributed by atoms with Crippen molar-refractivity contribution in [2.45, 2.75) is 51.6 Å². The molecule has 0 aromatic carbocycles. The third-order valence-electron chi connectivity index (χ3n) is 6.58. The second-order valence-corrected chi connectivity index (χ2v) is 8.90. The van der Waals surface area contributed by atoms with E-state index in [4.69, 9.17) is 5.10 Å². The molecule has 0 radical (unpaired) electrons. The lowest BCUT2D eigenvalue weighted by Gasteiger charge is -2.34. The van der Waals surface area contributed by atoms with E-state index in [-0.39, 0.29) is 5.91 Å². The third kappa shape index (κ3) is 4.90. The van der Waals surface area contributed by atoms with Crippen LogP contribution in [0.15, 0.2) is 24.5 Å². The first kappa shape index (κ1) is 21.0. The molecule has 2 aliphatic heterocycles. The topological polar surface area (TPSA) is 57.5 Å². The van der Waals surface area contributed by atoms with Gasteiger partial charge < -0.3 is 9.80 Å². The Morgan fingerprint density at radius 3 is 2.97 bits per heavy atom. The average molecular weight is 411 g/mol. The Balaban J connectivity index is 1.30. The number of carbonyl (C=O) groups excluding carboxylic acids is 1. The van der Waals surface area contributed by atoms with Gasteiger partial charge in [0.05, 0.1) is 17.9 Å². The fourth-order valence-corrected chi connectivity index (χ4v) is 4.60. The summed E-state index contributed by atoms with van der Waals surface area (Å²) in [6, 6.07) is 4.64. The number of aromatic nitrogens is 3. The first-order valence-corrected chi connectivity index (χ1v) is 11.2. The molecule has 162 valence electrons. The molecule has 1 saturated heterocycles. The summed E-state index contributed by atoms with van der Waals surface area (Å²) in [6.45, 7) is 6.16. The molecule has 1 fully saturated rings. The van der Waals surface area contributed by atoms with Gasteiger partial charge in [0.2, 0.25) is 5.91 Å². The largest absolute Gasteiger partial charge is 0.345 e. The third-order valence-corrected chi connectivity index (χ3v) is 6.58. The molecule has 7 heteroatoms. The zero-order valence-electron chi connectivity index (χ0n) is 18.5. The Kier molecular flexibility index (Phi) is 6.49. The molecule has 4 heterocycles. The molecule has 1 amide bonds. The molecule has 2 aromatic heterocycles. The number of fused-ring (bicyclic) bond motifs is 1. The second-order valence-electron chi connectivity index (χ2n) is 8.90. The van der Waals surface area contributed by atoms with Gasteiger partial charge in [-0.05, 0) is 51.9 Å². The summed E-state index contributed by atoms with van der Waals surface area (Å²) in [5, 5.41) is 4.76. The standard InChI is InChI=1S/C23H34N6O/c1-18-14-21(7-10-24-18)29-16-19-15-28(13-9-22(19)25-29)17-23(30)27(3)12-8-20-6-4-5-11-26(20)2/h7,10,14,16,20H,4-6,8-9,11-13,15,17H2,1-3H3. The predicted octanol–water partition coefficient (Wildman–Crippen LogP) is 2.27. The molecular formula is C23H34N6O. The number of likely N-dealkylation sites (N-methyl/N-ethyl adjacent to an activating group) is 1. The summed E-state index contributed by atoms with van der Waals surface area (Å²) in [5.74, 6) is 0.217. The van der Waals surface area contributed by atoms with Gasteiger partial charge in [-0.3, -0.25) is 14.7 Å². The highest BCUT2D eigenvalue weighted by Gasteiger charge is 2.24. The van der Waals surface area contributed by atoms with E-state index in [0.29, 0.717) is 12.6 Å². The highest BCUT2D eigenvalue weighted by atomic mass is 16.2. The van der Waals surface area contributed by atoms with Crippen molar-refractivity contribution in [2.24, 2.45) is 0 Å². The first-order valence-electron chi connectivity index (χ1n) is 11.2. The van der Waals surface area contributed by atoms with Gasteiger partial charge in [0.15, 0.2) is 0 Å². The quantitative estimate of drug-likeness (QED) is 0.731. The number of amides is 1. The summed E-state index contributed by atoms with van der Waals surface area (Å²) in [7, 11) is 4.16. The number of carbonyl (C=O) groups is 1. The van der Waals surface area contributed by atoms with Crippen LogP contribution in [0.25, 0.3) is 5.69 Å². The van der Waals surface area contributed by atoms with Crippen LogP contribution in [0.1, 0.15) is 42.6 Å². The fourth-order valence-electron chi connectivity index (χ4n) is 4.60. The van der Waals surface area contributed by atoms with Gasteiger partial charge in [-0.25, -0.2) is 4.68 Å². The van der Waals surface area contributed by atoms with E-state index in [0.717, 1.165) is 49.6 Å². The average Bonchev–Trinajstić information content (AvgIpc) is 3.16. The van der Waals surface area contributed by atoms with Gasteiger partial charge in [-0.1, -0.05) is 6.42 Å². The van der Waals surface area contributed by atoms with Crippen molar-refractivity contribution in [3.8, 4) is 5.69 Å². The van der Waals surface area contributed by atoms with Crippen LogP contribution in [0.5, 0.6) is 0 Å². The summed E-state index contributed by atoms with van der Waals surface area (Å²) in [6.07, 6.45) is 9.75. The molecule has 0 saturated carbocycles. The van der Waals surface area contributed by atoms with Gasteiger partial charge in [0, 0.05) is 62.8 Å². The molecule has 2 aromatic rings. The lowest BCUT2D eigenvalue weighted by molar-refractivity contribution is -0.131. The molecule has 2 aliphatic rings. The van der Waals surface area contributed by atoms with Crippen molar-refractivity contribution in [1.29, 1.82) is 0 Å². The summed E-state index contributed by atoms with van der Waals surface area (Å²) in [4.78, 5) is 23.7. The van der Waals surface area contributed by atoms with E-state index in [1.54, 1.807) is 0 Å². The maximum Gasteiger partial charge on any atom is 0.236 e. The molecule has 1 atom stereocenters.